The van der Waals surface area contributed by atoms with Crippen molar-refractivity contribution in [3.63, 3.8) is 0 Å². The van der Waals surface area contributed by atoms with E-state index in [2.05, 4.69) is 5.32 Å². The molecule has 1 atom stereocenters. The van der Waals surface area contributed by atoms with Crippen LogP contribution in [0.4, 0.5) is 18.9 Å². The second-order valence-corrected chi connectivity index (χ2v) is 5.42. The molecule has 2 aromatic rings. The standard InChI is InChI=1S/C17H15ClF3NO2/c1-2-14(24-15-9-4-3-8-13(15)18)16(23)22-12-7-5-6-11(10-12)17(19,20)21/h3-10,14H,2H2,1H3,(H,22,23)/t14-/m1/s1. The van der Waals surface area contributed by atoms with E-state index in [1.165, 1.54) is 12.1 Å². The van der Waals surface area contributed by atoms with Gasteiger partial charge in [0.2, 0.25) is 0 Å². The molecule has 24 heavy (non-hydrogen) atoms. The maximum Gasteiger partial charge on any atom is 0.416 e. The number of amides is 1. The Morgan fingerprint density at radius 3 is 2.54 bits per heavy atom. The molecule has 1 amide bonds. The smallest absolute Gasteiger partial charge is 0.416 e. The molecule has 2 aromatic carbocycles. The molecule has 0 fully saturated rings. The summed E-state index contributed by atoms with van der Waals surface area (Å²) < 4.78 is 43.7. The predicted molar refractivity (Wildman–Crippen MR) is 86.2 cm³/mol. The number of hydrogen-bond acceptors (Lipinski definition) is 2. The van der Waals surface area contributed by atoms with Crippen molar-refractivity contribution in [1.29, 1.82) is 0 Å². The molecular formula is C17H15ClF3NO2. The molecule has 128 valence electrons. The van der Waals surface area contributed by atoms with Crippen molar-refractivity contribution < 1.29 is 22.7 Å². The van der Waals surface area contributed by atoms with Crippen molar-refractivity contribution in [1.82, 2.24) is 0 Å². The Balaban J connectivity index is 2.11. The summed E-state index contributed by atoms with van der Waals surface area (Å²) in [5.41, 5.74) is -0.781. The minimum absolute atomic E-state index is 0.0519. The summed E-state index contributed by atoms with van der Waals surface area (Å²) in [6.07, 6.45) is -5.02. The Morgan fingerprint density at radius 1 is 1.21 bits per heavy atom. The lowest BCUT2D eigenvalue weighted by atomic mass is 10.2. The fourth-order valence-electron chi connectivity index (χ4n) is 2.01. The quantitative estimate of drug-likeness (QED) is 0.803. The van der Waals surface area contributed by atoms with Gasteiger partial charge in [-0.15, -0.1) is 0 Å². The second kappa shape index (κ2) is 7.57. The van der Waals surface area contributed by atoms with Gasteiger partial charge in [-0.2, -0.15) is 13.2 Å². The first kappa shape index (κ1) is 18.1. The van der Waals surface area contributed by atoms with Gasteiger partial charge in [0.15, 0.2) is 6.10 Å². The number of halogens is 4. The monoisotopic (exact) mass is 357 g/mol. The molecular weight excluding hydrogens is 343 g/mol. The summed E-state index contributed by atoms with van der Waals surface area (Å²) in [5, 5.41) is 2.79. The van der Waals surface area contributed by atoms with Crippen molar-refractivity contribution in [2.24, 2.45) is 0 Å². The average molecular weight is 358 g/mol. The van der Waals surface area contributed by atoms with E-state index in [1.54, 1.807) is 31.2 Å². The molecule has 0 spiro atoms. The molecule has 0 unspecified atom stereocenters. The highest BCUT2D eigenvalue weighted by Gasteiger charge is 2.30. The van der Waals surface area contributed by atoms with E-state index in [0.29, 0.717) is 17.2 Å². The Hall–Kier alpha value is -2.21. The van der Waals surface area contributed by atoms with Gasteiger partial charge in [0, 0.05) is 5.69 Å². The first-order valence-electron chi connectivity index (χ1n) is 7.20. The lowest BCUT2D eigenvalue weighted by molar-refractivity contribution is -0.137. The van der Waals surface area contributed by atoms with Gasteiger partial charge < -0.3 is 10.1 Å². The maximum atomic E-state index is 12.7. The number of alkyl halides is 3. The van der Waals surface area contributed by atoms with Crippen LogP contribution in [0.15, 0.2) is 48.5 Å². The van der Waals surface area contributed by atoms with Crippen molar-refractivity contribution in [2.45, 2.75) is 25.6 Å². The van der Waals surface area contributed by atoms with Gasteiger partial charge >= 0.3 is 6.18 Å². The highest BCUT2D eigenvalue weighted by Crippen LogP contribution is 2.31. The van der Waals surface area contributed by atoms with Crippen LogP contribution in [0.25, 0.3) is 0 Å². The molecule has 0 aliphatic heterocycles. The fraction of sp³-hybridized carbons (Fsp3) is 0.235. The largest absolute Gasteiger partial charge is 0.479 e. The SMILES string of the molecule is CC[C@@H](Oc1ccccc1Cl)C(=O)Nc1cccc(C(F)(F)F)c1. The van der Waals surface area contributed by atoms with Crippen LogP contribution in [-0.4, -0.2) is 12.0 Å². The number of carbonyl (C=O) groups excluding carboxylic acids is 1. The zero-order valence-electron chi connectivity index (χ0n) is 12.7. The van der Waals surface area contributed by atoms with Crippen LogP contribution >= 0.6 is 11.6 Å². The van der Waals surface area contributed by atoms with Gasteiger partial charge in [-0.25, -0.2) is 0 Å². The number of rotatable bonds is 5. The third kappa shape index (κ3) is 4.64. The van der Waals surface area contributed by atoms with Crippen LogP contribution in [0.1, 0.15) is 18.9 Å². The second-order valence-electron chi connectivity index (χ2n) is 5.01. The summed E-state index contributed by atoms with van der Waals surface area (Å²) in [7, 11) is 0. The minimum atomic E-state index is -4.47. The third-order valence-electron chi connectivity index (χ3n) is 3.23. The third-order valence-corrected chi connectivity index (χ3v) is 3.54. The number of anilines is 1. The molecule has 7 heteroatoms. The molecule has 0 heterocycles. The van der Waals surface area contributed by atoms with E-state index >= 15 is 0 Å². The van der Waals surface area contributed by atoms with Crippen LogP contribution in [0, 0.1) is 0 Å². The van der Waals surface area contributed by atoms with E-state index in [1.807, 2.05) is 0 Å². The zero-order chi connectivity index (χ0) is 17.7. The number of nitrogens with one attached hydrogen (secondary N) is 1. The van der Waals surface area contributed by atoms with Crippen LogP contribution in [-0.2, 0) is 11.0 Å². The number of carbonyl (C=O) groups is 1. The first-order chi connectivity index (χ1) is 11.3. The highest BCUT2D eigenvalue weighted by atomic mass is 35.5. The summed E-state index contributed by atoms with van der Waals surface area (Å²) in [5.74, 6) is -0.207. The van der Waals surface area contributed by atoms with Crippen LogP contribution < -0.4 is 10.1 Å². The molecule has 0 aromatic heterocycles. The topological polar surface area (TPSA) is 38.3 Å². The molecule has 0 aliphatic rings. The minimum Gasteiger partial charge on any atom is -0.479 e. The van der Waals surface area contributed by atoms with Gasteiger partial charge in [-0.3, -0.25) is 4.79 Å². The molecule has 1 N–H and O–H groups in total. The molecule has 0 radical (unpaired) electrons. The van der Waals surface area contributed by atoms with Crippen molar-refractivity contribution in [2.75, 3.05) is 5.32 Å². The predicted octanol–water partition coefficient (Wildman–Crippen LogP) is 5.15. The van der Waals surface area contributed by atoms with Crippen molar-refractivity contribution >= 4 is 23.2 Å². The number of ether oxygens (including phenoxy) is 1. The maximum absolute atomic E-state index is 12.7. The molecule has 0 bridgehead atoms. The van der Waals surface area contributed by atoms with Gasteiger partial charge in [0.1, 0.15) is 5.75 Å². The molecule has 3 nitrogen and oxygen atoms in total. The zero-order valence-corrected chi connectivity index (χ0v) is 13.5. The Kier molecular flexibility index (Phi) is 5.72. The number of benzene rings is 2. The van der Waals surface area contributed by atoms with Gasteiger partial charge in [0.05, 0.1) is 10.6 Å². The van der Waals surface area contributed by atoms with Crippen molar-refractivity contribution in [3.05, 3.63) is 59.1 Å². The Labute approximate surface area is 142 Å². The van der Waals surface area contributed by atoms with Crippen LogP contribution in [0.5, 0.6) is 5.75 Å². The fourth-order valence-corrected chi connectivity index (χ4v) is 2.19. The number of hydrogen-bond donors (Lipinski definition) is 1. The van der Waals surface area contributed by atoms with Gasteiger partial charge in [0.25, 0.3) is 5.91 Å². The van der Waals surface area contributed by atoms with Crippen molar-refractivity contribution in [3.8, 4) is 5.75 Å². The van der Waals surface area contributed by atoms with E-state index in [0.717, 1.165) is 12.1 Å². The van der Waals surface area contributed by atoms with E-state index in [4.69, 9.17) is 16.3 Å². The molecule has 0 aliphatic carbocycles. The summed E-state index contributed by atoms with van der Waals surface area (Å²) >= 11 is 5.98. The van der Waals surface area contributed by atoms with E-state index in [-0.39, 0.29) is 5.69 Å². The lowest BCUT2D eigenvalue weighted by Crippen LogP contribution is -2.32. The lowest BCUT2D eigenvalue weighted by Gasteiger charge is -2.18. The summed E-state index contributed by atoms with van der Waals surface area (Å²) in [4.78, 5) is 12.3. The van der Waals surface area contributed by atoms with Crippen LogP contribution in [0.3, 0.4) is 0 Å². The molecule has 0 saturated carbocycles. The van der Waals surface area contributed by atoms with Gasteiger partial charge in [-0.05, 0) is 36.8 Å². The van der Waals surface area contributed by atoms with Crippen LogP contribution in [0.2, 0.25) is 5.02 Å². The summed E-state index contributed by atoms with van der Waals surface area (Å²) in [6.45, 7) is 1.73. The number of para-hydroxylation sites is 1. The molecule has 2 rings (SSSR count). The highest BCUT2D eigenvalue weighted by molar-refractivity contribution is 6.32. The Bertz CT molecular complexity index is 719. The van der Waals surface area contributed by atoms with E-state index < -0.39 is 23.8 Å². The van der Waals surface area contributed by atoms with Gasteiger partial charge in [-0.1, -0.05) is 36.7 Å². The van der Waals surface area contributed by atoms with E-state index in [9.17, 15) is 18.0 Å². The summed E-state index contributed by atoms with van der Waals surface area (Å²) in [6, 6.07) is 11.1. The average Bonchev–Trinajstić information content (AvgIpc) is 2.53. The normalized spacial score (nSPS) is 12.5. The molecule has 0 saturated heterocycles. The first-order valence-corrected chi connectivity index (χ1v) is 7.58. The Morgan fingerprint density at radius 2 is 1.92 bits per heavy atom.